The minimum absolute atomic E-state index is 0.121. The van der Waals surface area contributed by atoms with Crippen LogP contribution in [0.2, 0.25) is 0 Å². The number of carbonyl (C=O) groups excluding carboxylic acids is 1. The second-order valence-electron chi connectivity index (χ2n) is 4.86. The van der Waals surface area contributed by atoms with E-state index in [0.29, 0.717) is 6.42 Å². The summed E-state index contributed by atoms with van der Waals surface area (Å²) in [5.41, 5.74) is 2.17. The smallest absolute Gasteiger partial charge is 0.220 e. The highest BCUT2D eigenvalue weighted by Crippen LogP contribution is 2.17. The van der Waals surface area contributed by atoms with Crippen molar-refractivity contribution in [2.75, 3.05) is 0 Å². The Bertz CT molecular complexity index is 560. The third-order valence-electron chi connectivity index (χ3n) is 3.38. The first-order valence-corrected chi connectivity index (χ1v) is 6.82. The van der Waals surface area contributed by atoms with E-state index in [-0.39, 0.29) is 11.9 Å². The van der Waals surface area contributed by atoms with Gasteiger partial charge in [0.2, 0.25) is 5.91 Å². The Labute approximate surface area is 114 Å². The van der Waals surface area contributed by atoms with E-state index >= 15 is 0 Å². The number of para-hydroxylation sites is 1. The van der Waals surface area contributed by atoms with Crippen LogP contribution in [0.25, 0.3) is 10.9 Å². The minimum atomic E-state index is 0.121. The first kappa shape index (κ1) is 13.5. The van der Waals surface area contributed by atoms with Gasteiger partial charge in [-0.05, 0) is 37.5 Å². The van der Waals surface area contributed by atoms with Crippen molar-refractivity contribution >= 4 is 16.8 Å². The van der Waals surface area contributed by atoms with Crippen molar-refractivity contribution < 1.29 is 4.79 Å². The van der Waals surface area contributed by atoms with Gasteiger partial charge in [-0.15, -0.1) is 0 Å². The fourth-order valence-corrected chi connectivity index (χ4v) is 2.07. The molecule has 0 saturated carbocycles. The normalized spacial score (nSPS) is 12.3. The number of hydrogen-bond acceptors (Lipinski definition) is 2. The first-order valence-electron chi connectivity index (χ1n) is 6.82. The number of amides is 1. The van der Waals surface area contributed by atoms with Crippen molar-refractivity contribution in [2.45, 2.75) is 39.2 Å². The molecule has 0 aliphatic rings. The number of fused-ring (bicyclic) bond motifs is 1. The second-order valence-corrected chi connectivity index (χ2v) is 4.86. The lowest BCUT2D eigenvalue weighted by Gasteiger charge is -2.11. The Morgan fingerprint density at radius 2 is 2.11 bits per heavy atom. The van der Waals surface area contributed by atoms with Crippen LogP contribution in [-0.4, -0.2) is 16.9 Å². The Morgan fingerprint density at radius 1 is 1.32 bits per heavy atom. The van der Waals surface area contributed by atoms with Crippen LogP contribution < -0.4 is 5.32 Å². The van der Waals surface area contributed by atoms with E-state index in [1.807, 2.05) is 37.4 Å². The molecule has 1 aromatic carbocycles. The molecule has 1 amide bonds. The van der Waals surface area contributed by atoms with E-state index in [1.165, 1.54) is 5.56 Å². The molecule has 0 unspecified atom stereocenters. The lowest BCUT2D eigenvalue weighted by Crippen LogP contribution is -2.32. The van der Waals surface area contributed by atoms with E-state index < -0.39 is 0 Å². The molecule has 0 spiro atoms. The SMILES string of the molecule is CC[C@H](C)NC(=O)CCc1ccnc2ccccc12. The molecule has 1 N–H and O–H groups in total. The van der Waals surface area contributed by atoms with Gasteiger partial charge in [-0.2, -0.15) is 0 Å². The summed E-state index contributed by atoms with van der Waals surface area (Å²) in [5.74, 6) is 0.121. The number of carbonyl (C=O) groups is 1. The third-order valence-corrected chi connectivity index (χ3v) is 3.38. The van der Waals surface area contributed by atoms with E-state index in [4.69, 9.17) is 0 Å². The van der Waals surface area contributed by atoms with Crippen molar-refractivity contribution in [3.05, 3.63) is 42.1 Å². The van der Waals surface area contributed by atoms with Gasteiger partial charge in [0.15, 0.2) is 0 Å². The molecule has 2 rings (SSSR count). The fraction of sp³-hybridized carbons (Fsp3) is 0.375. The lowest BCUT2D eigenvalue weighted by atomic mass is 10.0. The fourth-order valence-electron chi connectivity index (χ4n) is 2.07. The molecule has 1 atom stereocenters. The molecular weight excluding hydrogens is 236 g/mol. The van der Waals surface area contributed by atoms with E-state index in [9.17, 15) is 4.79 Å². The standard InChI is InChI=1S/C16H20N2O/c1-3-12(2)18-16(19)9-8-13-10-11-17-15-7-5-4-6-14(13)15/h4-7,10-12H,3,8-9H2,1-2H3,(H,18,19)/t12-/m0/s1. The summed E-state index contributed by atoms with van der Waals surface area (Å²) in [6.45, 7) is 4.10. The summed E-state index contributed by atoms with van der Waals surface area (Å²) in [7, 11) is 0. The highest BCUT2D eigenvalue weighted by molar-refractivity contribution is 5.83. The van der Waals surface area contributed by atoms with E-state index in [0.717, 1.165) is 23.7 Å². The number of nitrogens with zero attached hydrogens (tertiary/aromatic N) is 1. The molecule has 1 heterocycles. The quantitative estimate of drug-likeness (QED) is 0.893. The number of benzene rings is 1. The number of pyridine rings is 1. The number of aromatic nitrogens is 1. The van der Waals surface area contributed by atoms with Gasteiger partial charge in [0.1, 0.15) is 0 Å². The van der Waals surface area contributed by atoms with Crippen molar-refractivity contribution in [3.63, 3.8) is 0 Å². The summed E-state index contributed by atoms with van der Waals surface area (Å²) in [5, 5.41) is 4.13. The van der Waals surface area contributed by atoms with Crippen molar-refractivity contribution in [3.8, 4) is 0 Å². The maximum atomic E-state index is 11.8. The van der Waals surface area contributed by atoms with Gasteiger partial charge in [-0.25, -0.2) is 0 Å². The molecule has 0 fully saturated rings. The maximum Gasteiger partial charge on any atom is 0.220 e. The molecule has 19 heavy (non-hydrogen) atoms. The summed E-state index contributed by atoms with van der Waals surface area (Å²) in [6.07, 6.45) is 4.05. The van der Waals surface area contributed by atoms with Gasteiger partial charge in [-0.3, -0.25) is 9.78 Å². The summed E-state index contributed by atoms with van der Waals surface area (Å²) >= 11 is 0. The van der Waals surface area contributed by atoms with Gasteiger partial charge >= 0.3 is 0 Å². The van der Waals surface area contributed by atoms with Gasteiger partial charge in [0, 0.05) is 24.0 Å². The molecule has 0 saturated heterocycles. The molecule has 0 aliphatic carbocycles. The first-order chi connectivity index (χ1) is 9.20. The molecule has 100 valence electrons. The van der Waals surface area contributed by atoms with Crippen LogP contribution in [-0.2, 0) is 11.2 Å². The molecular formula is C16H20N2O. The van der Waals surface area contributed by atoms with Gasteiger partial charge in [-0.1, -0.05) is 25.1 Å². The second kappa shape index (κ2) is 6.32. The molecule has 0 bridgehead atoms. The Kier molecular flexibility index (Phi) is 4.50. The molecule has 3 heteroatoms. The lowest BCUT2D eigenvalue weighted by molar-refractivity contribution is -0.121. The van der Waals surface area contributed by atoms with Crippen molar-refractivity contribution in [1.82, 2.24) is 10.3 Å². The molecule has 0 radical (unpaired) electrons. The molecule has 2 aromatic rings. The van der Waals surface area contributed by atoms with Crippen LogP contribution in [0.4, 0.5) is 0 Å². The van der Waals surface area contributed by atoms with E-state index in [2.05, 4.69) is 23.3 Å². The zero-order chi connectivity index (χ0) is 13.7. The average molecular weight is 256 g/mol. The highest BCUT2D eigenvalue weighted by Gasteiger charge is 2.07. The van der Waals surface area contributed by atoms with Crippen LogP contribution in [0.3, 0.4) is 0 Å². The topological polar surface area (TPSA) is 42.0 Å². The van der Waals surface area contributed by atoms with Crippen LogP contribution >= 0.6 is 0 Å². The largest absolute Gasteiger partial charge is 0.354 e. The summed E-state index contributed by atoms with van der Waals surface area (Å²) < 4.78 is 0. The predicted molar refractivity (Wildman–Crippen MR) is 78.0 cm³/mol. The summed E-state index contributed by atoms with van der Waals surface area (Å²) in [6, 6.07) is 10.3. The number of nitrogens with one attached hydrogen (secondary N) is 1. The van der Waals surface area contributed by atoms with Gasteiger partial charge in [0.05, 0.1) is 5.52 Å². The van der Waals surface area contributed by atoms with Gasteiger partial charge in [0.25, 0.3) is 0 Å². The monoisotopic (exact) mass is 256 g/mol. The third kappa shape index (κ3) is 3.53. The van der Waals surface area contributed by atoms with Crippen molar-refractivity contribution in [1.29, 1.82) is 0 Å². The van der Waals surface area contributed by atoms with Crippen LogP contribution in [0, 0.1) is 0 Å². The highest BCUT2D eigenvalue weighted by atomic mass is 16.1. The van der Waals surface area contributed by atoms with Crippen molar-refractivity contribution in [2.24, 2.45) is 0 Å². The Hall–Kier alpha value is -1.90. The zero-order valence-electron chi connectivity index (χ0n) is 11.5. The molecule has 3 nitrogen and oxygen atoms in total. The average Bonchev–Trinajstić information content (AvgIpc) is 2.44. The molecule has 1 aromatic heterocycles. The van der Waals surface area contributed by atoms with E-state index in [1.54, 1.807) is 0 Å². The molecule has 0 aliphatic heterocycles. The number of hydrogen-bond donors (Lipinski definition) is 1. The maximum absolute atomic E-state index is 11.8. The number of aryl methyl sites for hydroxylation is 1. The Morgan fingerprint density at radius 3 is 2.89 bits per heavy atom. The van der Waals surface area contributed by atoms with Crippen LogP contribution in [0.5, 0.6) is 0 Å². The summed E-state index contributed by atoms with van der Waals surface area (Å²) in [4.78, 5) is 16.1. The van der Waals surface area contributed by atoms with Crippen LogP contribution in [0.1, 0.15) is 32.3 Å². The van der Waals surface area contributed by atoms with Gasteiger partial charge < -0.3 is 5.32 Å². The minimum Gasteiger partial charge on any atom is -0.354 e. The van der Waals surface area contributed by atoms with Crippen LogP contribution in [0.15, 0.2) is 36.5 Å². The Balaban J connectivity index is 2.04. The number of rotatable bonds is 5. The predicted octanol–water partition coefficient (Wildman–Crippen LogP) is 3.08. The zero-order valence-corrected chi connectivity index (χ0v) is 11.5.